The number of carbonyl (C=O) groups is 1. The van der Waals surface area contributed by atoms with Gasteiger partial charge in [0.2, 0.25) is 5.95 Å². The molecule has 0 aliphatic carbocycles. The van der Waals surface area contributed by atoms with Gasteiger partial charge in [0, 0.05) is 62.7 Å². The minimum absolute atomic E-state index is 0.0653. The van der Waals surface area contributed by atoms with E-state index in [9.17, 15) is 31.1 Å². The predicted octanol–water partition coefficient (Wildman–Crippen LogP) is 5.56. The second-order valence-corrected chi connectivity index (χ2v) is 12.0. The summed E-state index contributed by atoms with van der Waals surface area (Å²) >= 11 is 0. The van der Waals surface area contributed by atoms with E-state index in [4.69, 9.17) is 9.47 Å². The number of ether oxygens (including phenoxy) is 2. The third kappa shape index (κ3) is 7.02. The van der Waals surface area contributed by atoms with E-state index in [0.717, 1.165) is 5.56 Å². The average Bonchev–Trinajstić information content (AvgIpc) is 3.59. The maximum Gasteiger partial charge on any atom is 0.416 e. The van der Waals surface area contributed by atoms with Gasteiger partial charge in [-0.1, -0.05) is 13.8 Å². The van der Waals surface area contributed by atoms with Gasteiger partial charge in [0.1, 0.15) is 6.61 Å². The van der Waals surface area contributed by atoms with Gasteiger partial charge in [-0.15, -0.1) is 0 Å². The van der Waals surface area contributed by atoms with Gasteiger partial charge in [0.05, 0.1) is 30.4 Å². The molecule has 1 unspecified atom stereocenters. The molecule has 3 aliphatic rings. The lowest BCUT2D eigenvalue weighted by Gasteiger charge is -2.37. The fourth-order valence-corrected chi connectivity index (χ4v) is 5.69. The van der Waals surface area contributed by atoms with Crippen molar-refractivity contribution in [1.29, 1.82) is 0 Å². The fourth-order valence-electron chi connectivity index (χ4n) is 5.69. The molecule has 0 N–H and O–H groups in total. The van der Waals surface area contributed by atoms with Crippen LogP contribution in [0.15, 0.2) is 35.7 Å². The number of likely N-dealkylation sites (N-methyl/N-ethyl adjacent to an activating group) is 1. The molecule has 0 bridgehead atoms. The van der Waals surface area contributed by atoms with Crippen molar-refractivity contribution < 1.29 is 40.6 Å². The summed E-state index contributed by atoms with van der Waals surface area (Å²) in [4.78, 5) is 25.2. The molecule has 240 valence electrons. The predicted molar refractivity (Wildman–Crippen MR) is 148 cm³/mol. The standard InChI is InChI=1S/C29H34F6N6O3/c1-4-23-8-24(14-41(23)26(42)44-17-27(2)15-43-16-27)40(25-36-9-19(10-37-25)20-11-38-39(3)13-20)12-18-5-21(28(30,31)32)7-22(6-18)29(33,34)35/h5-7,9-11,20,23-24H,4,8,12-17H2,1-3H3/t20?,23-,24+/m1/s1. The number of nitrogens with zero attached hydrogens (tertiary/aromatic N) is 6. The Morgan fingerprint density at radius 3 is 2.20 bits per heavy atom. The summed E-state index contributed by atoms with van der Waals surface area (Å²) in [7, 11) is 1.82. The van der Waals surface area contributed by atoms with Gasteiger partial charge >= 0.3 is 18.4 Å². The topological polar surface area (TPSA) is 83.4 Å². The normalized spacial score (nSPS) is 23.2. The van der Waals surface area contributed by atoms with Gasteiger partial charge in [0.25, 0.3) is 0 Å². The van der Waals surface area contributed by atoms with E-state index in [1.54, 1.807) is 33.4 Å². The number of halogens is 6. The molecule has 1 aromatic carbocycles. The Bertz CT molecular complexity index is 1330. The van der Waals surface area contributed by atoms with Gasteiger partial charge in [-0.3, -0.25) is 5.01 Å². The molecule has 3 atom stereocenters. The minimum Gasteiger partial charge on any atom is -0.449 e. The first-order valence-electron chi connectivity index (χ1n) is 14.3. The lowest BCUT2D eigenvalue weighted by atomic mass is 9.90. The number of aromatic nitrogens is 2. The van der Waals surface area contributed by atoms with Crippen molar-refractivity contribution in [3.8, 4) is 0 Å². The van der Waals surface area contributed by atoms with Crippen LogP contribution in [0.1, 0.15) is 54.9 Å². The minimum atomic E-state index is -4.99. The Labute approximate surface area is 250 Å². The highest BCUT2D eigenvalue weighted by Gasteiger charge is 2.42. The van der Waals surface area contributed by atoms with E-state index >= 15 is 0 Å². The number of anilines is 1. The van der Waals surface area contributed by atoms with Gasteiger partial charge in [-0.25, -0.2) is 14.8 Å². The maximum atomic E-state index is 13.7. The Morgan fingerprint density at radius 2 is 1.70 bits per heavy atom. The Hall–Kier alpha value is -3.62. The quantitative estimate of drug-likeness (QED) is 0.354. The molecular weight excluding hydrogens is 594 g/mol. The van der Waals surface area contributed by atoms with E-state index in [1.807, 2.05) is 20.9 Å². The number of carbonyl (C=O) groups excluding carboxylic acids is 1. The Kier molecular flexibility index (Phi) is 8.71. The van der Waals surface area contributed by atoms with E-state index in [2.05, 4.69) is 15.1 Å². The zero-order valence-corrected chi connectivity index (χ0v) is 24.5. The third-order valence-corrected chi connectivity index (χ3v) is 8.23. The van der Waals surface area contributed by atoms with Gasteiger partial charge in [-0.05, 0) is 42.2 Å². The van der Waals surface area contributed by atoms with Crippen molar-refractivity contribution in [3.63, 3.8) is 0 Å². The summed E-state index contributed by atoms with van der Waals surface area (Å²) < 4.78 is 92.7. The molecule has 15 heteroatoms. The van der Waals surface area contributed by atoms with Crippen LogP contribution in [0, 0.1) is 5.41 Å². The van der Waals surface area contributed by atoms with E-state index in [0.29, 0.717) is 44.7 Å². The van der Waals surface area contributed by atoms with Crippen molar-refractivity contribution in [2.75, 3.05) is 44.9 Å². The smallest absolute Gasteiger partial charge is 0.416 e. The molecule has 0 spiro atoms. The molecule has 4 heterocycles. The number of hydrazone groups is 1. The summed E-state index contributed by atoms with van der Waals surface area (Å²) in [6, 6.07) is 0.747. The van der Waals surface area contributed by atoms with Crippen LogP contribution in [0.3, 0.4) is 0 Å². The number of hydrogen-bond acceptors (Lipinski definition) is 8. The number of rotatable bonds is 8. The summed E-state index contributed by atoms with van der Waals surface area (Å²) in [6.07, 6.45) is -4.64. The summed E-state index contributed by atoms with van der Waals surface area (Å²) in [5.74, 6) is 0.0571. The van der Waals surface area contributed by atoms with E-state index in [1.165, 1.54) is 0 Å². The molecule has 2 aromatic rings. The molecule has 3 aliphatic heterocycles. The number of alkyl halides is 6. The van der Waals surface area contributed by atoms with Crippen LogP contribution in [0.2, 0.25) is 0 Å². The number of likely N-dealkylation sites (tertiary alicyclic amines) is 1. The SMILES string of the molecule is CC[C@@H]1C[C@H](N(Cc2cc(C(F)(F)F)cc(C(F)(F)F)c2)c2ncc(C3C=NN(C)C3)cn2)CN1C(=O)OCC1(C)COC1. The molecule has 0 radical (unpaired) electrons. The molecule has 9 nitrogen and oxygen atoms in total. The lowest BCUT2D eigenvalue weighted by molar-refractivity contribution is -0.143. The van der Waals surface area contributed by atoms with E-state index in [-0.39, 0.29) is 54.6 Å². The average molecular weight is 629 g/mol. The molecule has 2 saturated heterocycles. The zero-order chi connectivity index (χ0) is 31.9. The van der Waals surface area contributed by atoms with Crippen molar-refractivity contribution >= 4 is 18.3 Å². The highest BCUT2D eigenvalue weighted by Crippen LogP contribution is 2.38. The number of hydrogen-bond donors (Lipinski definition) is 0. The molecule has 1 aromatic heterocycles. The van der Waals surface area contributed by atoms with Crippen molar-refractivity contribution in [3.05, 3.63) is 52.8 Å². The van der Waals surface area contributed by atoms with Crippen LogP contribution in [0.5, 0.6) is 0 Å². The molecule has 44 heavy (non-hydrogen) atoms. The van der Waals surface area contributed by atoms with Crippen molar-refractivity contribution in [2.24, 2.45) is 10.5 Å². The van der Waals surface area contributed by atoms with Crippen molar-refractivity contribution in [2.45, 2.75) is 63.6 Å². The third-order valence-electron chi connectivity index (χ3n) is 8.23. The molecule has 1 amide bonds. The highest BCUT2D eigenvalue weighted by molar-refractivity contribution is 5.70. The fraction of sp³-hybridized carbons (Fsp3) is 0.586. The Balaban J connectivity index is 1.45. The van der Waals surface area contributed by atoms with Crippen LogP contribution >= 0.6 is 0 Å². The van der Waals surface area contributed by atoms with Crippen LogP contribution < -0.4 is 4.90 Å². The first-order chi connectivity index (χ1) is 20.6. The Morgan fingerprint density at radius 1 is 1.07 bits per heavy atom. The lowest BCUT2D eigenvalue weighted by Crippen LogP contribution is -2.46. The first kappa shape index (κ1) is 31.8. The van der Waals surface area contributed by atoms with Crippen molar-refractivity contribution in [1.82, 2.24) is 19.9 Å². The first-order valence-corrected chi connectivity index (χ1v) is 14.3. The second-order valence-electron chi connectivity index (χ2n) is 12.0. The monoisotopic (exact) mass is 628 g/mol. The van der Waals surface area contributed by atoms with Crippen LogP contribution in [0.25, 0.3) is 0 Å². The molecular formula is C29H34F6N6O3. The zero-order valence-electron chi connectivity index (χ0n) is 24.5. The summed E-state index contributed by atoms with van der Waals surface area (Å²) in [5, 5.41) is 5.97. The molecule has 5 rings (SSSR count). The van der Waals surface area contributed by atoms with Crippen LogP contribution in [-0.4, -0.2) is 84.2 Å². The van der Waals surface area contributed by atoms with Gasteiger partial charge in [-0.2, -0.15) is 31.4 Å². The highest BCUT2D eigenvalue weighted by atomic mass is 19.4. The van der Waals surface area contributed by atoms with Crippen LogP contribution in [-0.2, 0) is 28.4 Å². The number of benzene rings is 1. The second kappa shape index (κ2) is 12.1. The summed E-state index contributed by atoms with van der Waals surface area (Å²) in [5.41, 5.74) is -2.52. The number of amides is 1. The van der Waals surface area contributed by atoms with Gasteiger partial charge in [0.15, 0.2) is 0 Å². The largest absolute Gasteiger partial charge is 0.449 e. The molecule has 2 fully saturated rings. The van der Waals surface area contributed by atoms with Crippen LogP contribution in [0.4, 0.5) is 37.1 Å². The van der Waals surface area contributed by atoms with E-state index < -0.39 is 35.6 Å². The van der Waals surface area contributed by atoms with Gasteiger partial charge < -0.3 is 19.3 Å². The maximum absolute atomic E-state index is 13.7. The molecule has 0 saturated carbocycles. The summed E-state index contributed by atoms with van der Waals surface area (Å²) in [6.45, 7) is 5.34.